The Balaban J connectivity index is 2.08. The number of thioether (sulfide) groups is 2. The highest BCUT2D eigenvalue weighted by atomic mass is 32.2. The van der Waals surface area contributed by atoms with Gasteiger partial charge in [-0.1, -0.05) is 6.07 Å². The van der Waals surface area contributed by atoms with Gasteiger partial charge in [0.15, 0.2) is 5.96 Å². The van der Waals surface area contributed by atoms with E-state index in [4.69, 9.17) is 5.73 Å². The molecule has 0 spiro atoms. The van der Waals surface area contributed by atoms with E-state index in [0.717, 1.165) is 29.5 Å². The lowest BCUT2D eigenvalue weighted by molar-refractivity contribution is 0.455. The topological polar surface area (TPSA) is 41.6 Å². The van der Waals surface area contributed by atoms with Crippen molar-refractivity contribution >= 4 is 29.5 Å². The molecule has 104 valence electrons. The molecule has 6 heteroatoms. The first-order valence-corrected chi connectivity index (χ1v) is 8.54. The van der Waals surface area contributed by atoms with Crippen LogP contribution in [0, 0.1) is 5.82 Å². The van der Waals surface area contributed by atoms with Crippen molar-refractivity contribution in [3.63, 3.8) is 0 Å². The van der Waals surface area contributed by atoms with Crippen LogP contribution in [0.15, 0.2) is 28.1 Å². The predicted octanol–water partition coefficient (Wildman–Crippen LogP) is 2.41. The first kappa shape index (κ1) is 14.5. The number of hydrogen-bond donors (Lipinski definition) is 1. The average molecular weight is 299 g/mol. The summed E-state index contributed by atoms with van der Waals surface area (Å²) in [7, 11) is 0. The molecule has 1 aliphatic heterocycles. The maximum absolute atomic E-state index is 13.8. The molecule has 3 nitrogen and oxygen atoms in total. The van der Waals surface area contributed by atoms with Gasteiger partial charge < -0.3 is 10.6 Å². The van der Waals surface area contributed by atoms with Crippen LogP contribution in [0.1, 0.15) is 5.56 Å². The van der Waals surface area contributed by atoms with E-state index < -0.39 is 0 Å². The van der Waals surface area contributed by atoms with Gasteiger partial charge in [-0.3, -0.25) is 0 Å². The minimum Gasteiger partial charge on any atom is -0.370 e. The van der Waals surface area contributed by atoms with Crippen LogP contribution in [0.25, 0.3) is 0 Å². The second-order valence-corrected chi connectivity index (χ2v) is 6.27. The lowest BCUT2D eigenvalue weighted by Crippen LogP contribution is -2.42. The molecular weight excluding hydrogens is 281 g/mol. The molecule has 19 heavy (non-hydrogen) atoms. The number of nitrogens with two attached hydrogens (primary N) is 1. The fourth-order valence-corrected chi connectivity index (χ4v) is 3.46. The van der Waals surface area contributed by atoms with Crippen LogP contribution in [-0.2, 0) is 6.54 Å². The van der Waals surface area contributed by atoms with Crippen molar-refractivity contribution in [1.82, 2.24) is 4.90 Å². The summed E-state index contributed by atoms with van der Waals surface area (Å²) in [6, 6.07) is 5.10. The Morgan fingerprint density at radius 3 is 2.89 bits per heavy atom. The SMILES string of the molecule is CSc1cccc(F)c1CN=C(N)N1CCSCC1. The predicted molar refractivity (Wildman–Crippen MR) is 82.4 cm³/mol. The summed E-state index contributed by atoms with van der Waals surface area (Å²) in [5.74, 6) is 2.46. The van der Waals surface area contributed by atoms with Crippen molar-refractivity contribution in [2.45, 2.75) is 11.4 Å². The molecule has 1 aromatic rings. The molecule has 1 aliphatic rings. The van der Waals surface area contributed by atoms with Crippen molar-refractivity contribution in [3.8, 4) is 0 Å². The van der Waals surface area contributed by atoms with E-state index >= 15 is 0 Å². The molecule has 2 rings (SSSR count). The minimum atomic E-state index is -0.211. The standard InChI is InChI=1S/C13H18FN3S2/c1-18-12-4-2-3-11(14)10(12)9-16-13(15)17-5-7-19-8-6-17/h2-4H,5-9H2,1H3,(H2,15,16). The Kier molecular flexibility index (Phi) is 5.39. The first-order valence-electron chi connectivity index (χ1n) is 6.16. The summed E-state index contributed by atoms with van der Waals surface area (Å²) < 4.78 is 13.8. The van der Waals surface area contributed by atoms with Crippen molar-refractivity contribution in [2.24, 2.45) is 10.7 Å². The van der Waals surface area contributed by atoms with E-state index in [0.29, 0.717) is 18.1 Å². The molecular formula is C13H18FN3S2. The molecule has 0 amide bonds. The Morgan fingerprint density at radius 2 is 2.21 bits per heavy atom. The van der Waals surface area contributed by atoms with Gasteiger partial charge in [-0.25, -0.2) is 9.38 Å². The normalized spacial score (nSPS) is 16.7. The van der Waals surface area contributed by atoms with Crippen LogP contribution >= 0.6 is 23.5 Å². The van der Waals surface area contributed by atoms with Gasteiger partial charge >= 0.3 is 0 Å². The molecule has 0 aliphatic carbocycles. The third kappa shape index (κ3) is 3.79. The van der Waals surface area contributed by atoms with Gasteiger partial charge in [0.2, 0.25) is 0 Å². The summed E-state index contributed by atoms with van der Waals surface area (Å²) in [4.78, 5) is 7.33. The van der Waals surface area contributed by atoms with Gasteiger partial charge in [0.1, 0.15) is 5.82 Å². The summed E-state index contributed by atoms with van der Waals surface area (Å²) in [6.45, 7) is 2.15. The van der Waals surface area contributed by atoms with Crippen LogP contribution in [0.2, 0.25) is 0 Å². The van der Waals surface area contributed by atoms with E-state index in [1.54, 1.807) is 6.07 Å². The molecule has 0 radical (unpaired) electrons. The van der Waals surface area contributed by atoms with Crippen LogP contribution in [0.3, 0.4) is 0 Å². The Morgan fingerprint density at radius 1 is 1.47 bits per heavy atom. The highest BCUT2D eigenvalue weighted by Gasteiger charge is 2.13. The zero-order valence-electron chi connectivity index (χ0n) is 10.9. The van der Waals surface area contributed by atoms with Crippen molar-refractivity contribution in [2.75, 3.05) is 30.9 Å². The maximum Gasteiger partial charge on any atom is 0.191 e. The zero-order chi connectivity index (χ0) is 13.7. The van der Waals surface area contributed by atoms with Crippen molar-refractivity contribution < 1.29 is 4.39 Å². The third-order valence-electron chi connectivity index (χ3n) is 3.03. The van der Waals surface area contributed by atoms with Crippen LogP contribution < -0.4 is 5.73 Å². The second-order valence-electron chi connectivity index (χ2n) is 4.19. The molecule has 0 saturated carbocycles. The number of guanidine groups is 1. The molecule has 0 bridgehead atoms. The molecule has 0 atom stereocenters. The highest BCUT2D eigenvalue weighted by Crippen LogP contribution is 2.23. The fraction of sp³-hybridized carbons (Fsp3) is 0.462. The minimum absolute atomic E-state index is 0.211. The van der Waals surface area contributed by atoms with Gasteiger partial charge in [0, 0.05) is 35.1 Å². The summed E-state index contributed by atoms with van der Waals surface area (Å²) in [6.07, 6.45) is 1.94. The second kappa shape index (κ2) is 7.05. The van der Waals surface area contributed by atoms with Crippen molar-refractivity contribution in [3.05, 3.63) is 29.6 Å². The van der Waals surface area contributed by atoms with Crippen LogP contribution in [0.4, 0.5) is 4.39 Å². The Hall–Kier alpha value is -0.880. The highest BCUT2D eigenvalue weighted by molar-refractivity contribution is 7.99. The van der Waals surface area contributed by atoms with Gasteiger partial charge in [0.05, 0.1) is 6.54 Å². The molecule has 1 aromatic carbocycles. The number of halogens is 1. The van der Waals surface area contributed by atoms with E-state index in [2.05, 4.69) is 9.89 Å². The first-order chi connectivity index (χ1) is 9.22. The van der Waals surface area contributed by atoms with E-state index in [1.807, 2.05) is 24.1 Å². The smallest absolute Gasteiger partial charge is 0.191 e. The molecule has 1 fully saturated rings. The van der Waals surface area contributed by atoms with Crippen LogP contribution in [-0.4, -0.2) is 41.7 Å². The maximum atomic E-state index is 13.8. The van der Waals surface area contributed by atoms with Gasteiger partial charge in [-0.15, -0.1) is 11.8 Å². The Labute approximate surface area is 121 Å². The molecule has 1 saturated heterocycles. The third-order valence-corrected chi connectivity index (χ3v) is 4.79. The Bertz CT molecular complexity index is 459. The molecule has 1 heterocycles. The number of aliphatic imine (C=N–C) groups is 1. The zero-order valence-corrected chi connectivity index (χ0v) is 12.6. The quantitative estimate of drug-likeness (QED) is 0.529. The molecule has 2 N–H and O–H groups in total. The average Bonchev–Trinajstić information content (AvgIpc) is 2.46. The monoisotopic (exact) mass is 299 g/mol. The fourth-order valence-electron chi connectivity index (χ4n) is 1.94. The lowest BCUT2D eigenvalue weighted by atomic mass is 10.2. The largest absolute Gasteiger partial charge is 0.370 e. The molecule has 0 unspecified atom stereocenters. The van der Waals surface area contributed by atoms with E-state index in [-0.39, 0.29) is 5.82 Å². The number of nitrogens with zero attached hydrogens (tertiary/aromatic N) is 2. The summed E-state index contributed by atoms with van der Waals surface area (Å²) in [5.41, 5.74) is 6.60. The lowest BCUT2D eigenvalue weighted by Gasteiger charge is -2.27. The summed E-state index contributed by atoms with van der Waals surface area (Å²) in [5, 5.41) is 0. The summed E-state index contributed by atoms with van der Waals surface area (Å²) >= 11 is 3.45. The number of rotatable bonds is 3. The van der Waals surface area contributed by atoms with E-state index in [1.165, 1.54) is 17.8 Å². The van der Waals surface area contributed by atoms with Gasteiger partial charge in [-0.05, 0) is 18.4 Å². The van der Waals surface area contributed by atoms with Gasteiger partial charge in [-0.2, -0.15) is 11.8 Å². The van der Waals surface area contributed by atoms with Crippen molar-refractivity contribution in [1.29, 1.82) is 0 Å². The number of hydrogen-bond acceptors (Lipinski definition) is 3. The number of benzene rings is 1. The van der Waals surface area contributed by atoms with E-state index in [9.17, 15) is 4.39 Å². The van der Waals surface area contributed by atoms with Crippen LogP contribution in [0.5, 0.6) is 0 Å². The van der Waals surface area contributed by atoms with Gasteiger partial charge in [0.25, 0.3) is 0 Å². The molecule has 0 aromatic heterocycles.